The van der Waals surface area contributed by atoms with Crippen LogP contribution in [0.1, 0.15) is 31.4 Å². The van der Waals surface area contributed by atoms with Gasteiger partial charge in [0.2, 0.25) is 11.8 Å². The van der Waals surface area contributed by atoms with Crippen LogP contribution in [-0.2, 0) is 26.2 Å². The molecule has 0 saturated heterocycles. The maximum absolute atomic E-state index is 14.1. The van der Waals surface area contributed by atoms with Crippen LogP contribution < -0.4 is 19.1 Å². The molecule has 220 valence electrons. The second-order valence-electron chi connectivity index (χ2n) is 9.33. The smallest absolute Gasteiger partial charge is 0.264 e. The van der Waals surface area contributed by atoms with Gasteiger partial charge >= 0.3 is 0 Å². The summed E-state index contributed by atoms with van der Waals surface area (Å²) in [5.74, 6) is -0.266. The molecule has 3 aromatic carbocycles. The van der Waals surface area contributed by atoms with Gasteiger partial charge in [-0.25, -0.2) is 8.42 Å². The number of rotatable bonds is 13. The number of halogens is 1. The van der Waals surface area contributed by atoms with Crippen molar-refractivity contribution in [1.29, 1.82) is 0 Å². The van der Waals surface area contributed by atoms with Crippen LogP contribution in [0, 0.1) is 6.92 Å². The molecule has 1 atom stereocenters. The number of aryl methyl sites for hydroxylation is 1. The Morgan fingerprint density at radius 2 is 1.63 bits per heavy atom. The number of anilines is 1. The minimum Gasteiger partial charge on any atom is -0.493 e. The van der Waals surface area contributed by atoms with Gasteiger partial charge in [-0.05, 0) is 62.2 Å². The summed E-state index contributed by atoms with van der Waals surface area (Å²) in [6.07, 6.45) is 0.340. The van der Waals surface area contributed by atoms with Gasteiger partial charge in [-0.15, -0.1) is 0 Å². The Morgan fingerprint density at radius 1 is 0.951 bits per heavy atom. The lowest BCUT2D eigenvalue weighted by atomic mass is 10.1. The van der Waals surface area contributed by atoms with Crippen molar-refractivity contribution in [1.82, 2.24) is 10.2 Å². The van der Waals surface area contributed by atoms with Gasteiger partial charge in [0.15, 0.2) is 11.5 Å². The summed E-state index contributed by atoms with van der Waals surface area (Å²) >= 11 is 6.09. The Kier molecular flexibility index (Phi) is 11.0. The van der Waals surface area contributed by atoms with E-state index in [9.17, 15) is 18.0 Å². The number of likely N-dealkylation sites (N-methyl/N-ethyl adjacent to an activating group) is 1. The molecule has 9 nitrogen and oxygen atoms in total. The molecule has 0 spiro atoms. The summed E-state index contributed by atoms with van der Waals surface area (Å²) < 4.78 is 39.7. The molecule has 3 rings (SSSR count). The van der Waals surface area contributed by atoms with Crippen molar-refractivity contribution >= 4 is 39.1 Å². The zero-order valence-electron chi connectivity index (χ0n) is 23.9. The minimum atomic E-state index is -4.29. The highest BCUT2D eigenvalue weighted by molar-refractivity contribution is 7.92. The molecule has 11 heteroatoms. The average molecular weight is 602 g/mol. The van der Waals surface area contributed by atoms with E-state index in [1.807, 2.05) is 38.1 Å². The number of carbonyl (C=O) groups is 2. The van der Waals surface area contributed by atoms with Crippen LogP contribution in [0.15, 0.2) is 71.6 Å². The van der Waals surface area contributed by atoms with Crippen LogP contribution >= 0.6 is 11.6 Å². The largest absolute Gasteiger partial charge is 0.493 e. The Balaban J connectivity index is 2.09. The van der Waals surface area contributed by atoms with Gasteiger partial charge in [-0.1, -0.05) is 48.4 Å². The van der Waals surface area contributed by atoms with E-state index in [2.05, 4.69) is 5.32 Å². The summed E-state index contributed by atoms with van der Waals surface area (Å²) in [7, 11) is -1.43. The lowest BCUT2D eigenvalue weighted by Crippen LogP contribution is -2.52. The first-order valence-corrected chi connectivity index (χ1v) is 15.0. The Labute approximate surface area is 247 Å². The molecular formula is C30H36ClN3O6S. The molecule has 2 amide bonds. The fourth-order valence-corrected chi connectivity index (χ4v) is 6.02. The molecule has 41 heavy (non-hydrogen) atoms. The molecule has 0 saturated carbocycles. The van der Waals surface area contributed by atoms with E-state index < -0.39 is 28.5 Å². The molecule has 0 heterocycles. The molecule has 0 radical (unpaired) electrons. The number of amides is 2. The van der Waals surface area contributed by atoms with Gasteiger partial charge < -0.3 is 19.7 Å². The van der Waals surface area contributed by atoms with Crippen molar-refractivity contribution < 1.29 is 27.5 Å². The summed E-state index contributed by atoms with van der Waals surface area (Å²) in [5, 5.41) is 3.20. The molecule has 1 unspecified atom stereocenters. The van der Waals surface area contributed by atoms with Crippen LogP contribution in [0.5, 0.6) is 11.5 Å². The summed E-state index contributed by atoms with van der Waals surface area (Å²) in [5.41, 5.74) is 2.06. The number of ether oxygens (including phenoxy) is 2. The lowest BCUT2D eigenvalue weighted by Gasteiger charge is -2.33. The van der Waals surface area contributed by atoms with Crippen molar-refractivity contribution in [3.05, 3.63) is 82.9 Å². The SMILES string of the molecule is CCNC(=O)C(CC)N(Cc1cccc(C)c1)C(=O)CN(c1ccc(Cl)cc1)S(=O)(=O)c1ccc(OC)c(OC)c1. The second-order valence-corrected chi connectivity index (χ2v) is 11.6. The highest BCUT2D eigenvalue weighted by atomic mass is 35.5. The topological polar surface area (TPSA) is 105 Å². The van der Waals surface area contributed by atoms with Crippen LogP contribution in [0.3, 0.4) is 0 Å². The number of sulfonamides is 1. The normalized spacial score (nSPS) is 11.9. The van der Waals surface area contributed by atoms with E-state index >= 15 is 0 Å². The van der Waals surface area contributed by atoms with Crippen LogP contribution in [0.25, 0.3) is 0 Å². The predicted octanol–water partition coefficient (Wildman–Crippen LogP) is 4.80. The number of carbonyl (C=O) groups excluding carboxylic acids is 2. The van der Waals surface area contributed by atoms with Gasteiger partial charge in [0.1, 0.15) is 12.6 Å². The first kappa shape index (κ1) is 31.8. The van der Waals surface area contributed by atoms with Crippen molar-refractivity contribution in [2.45, 2.75) is 44.7 Å². The molecule has 3 aromatic rings. The van der Waals surface area contributed by atoms with Gasteiger partial charge in [-0.3, -0.25) is 13.9 Å². The Bertz CT molecular complexity index is 1460. The molecule has 0 aliphatic heterocycles. The van der Waals surface area contributed by atoms with E-state index in [4.69, 9.17) is 21.1 Å². The monoisotopic (exact) mass is 601 g/mol. The molecule has 0 fully saturated rings. The fraction of sp³-hybridized carbons (Fsp3) is 0.333. The first-order valence-electron chi connectivity index (χ1n) is 13.2. The summed E-state index contributed by atoms with van der Waals surface area (Å²) in [6.45, 7) is 5.52. The van der Waals surface area contributed by atoms with Crippen LogP contribution in [0.4, 0.5) is 5.69 Å². The summed E-state index contributed by atoms with van der Waals surface area (Å²) in [4.78, 5) is 28.4. The number of hydrogen-bond donors (Lipinski definition) is 1. The third kappa shape index (κ3) is 7.71. The van der Waals surface area contributed by atoms with E-state index in [1.165, 1.54) is 49.5 Å². The third-order valence-electron chi connectivity index (χ3n) is 6.51. The van der Waals surface area contributed by atoms with Crippen molar-refractivity contribution in [2.24, 2.45) is 0 Å². The van der Waals surface area contributed by atoms with Gasteiger partial charge in [0.25, 0.3) is 10.0 Å². The molecular weight excluding hydrogens is 566 g/mol. The van der Waals surface area contributed by atoms with Crippen molar-refractivity contribution in [3.63, 3.8) is 0 Å². The van der Waals surface area contributed by atoms with E-state index in [1.54, 1.807) is 19.1 Å². The van der Waals surface area contributed by atoms with Crippen molar-refractivity contribution in [2.75, 3.05) is 31.6 Å². The van der Waals surface area contributed by atoms with Crippen molar-refractivity contribution in [3.8, 4) is 11.5 Å². The maximum atomic E-state index is 14.1. The molecule has 0 bridgehead atoms. The minimum absolute atomic E-state index is 0.0982. The van der Waals surface area contributed by atoms with E-state index in [-0.39, 0.29) is 28.8 Å². The maximum Gasteiger partial charge on any atom is 0.264 e. The quantitative estimate of drug-likeness (QED) is 0.302. The highest BCUT2D eigenvalue weighted by Crippen LogP contribution is 2.32. The molecule has 0 aromatic heterocycles. The molecule has 1 N–H and O–H groups in total. The van der Waals surface area contributed by atoms with Crippen LogP contribution in [-0.4, -0.2) is 58.5 Å². The van der Waals surface area contributed by atoms with E-state index in [0.29, 0.717) is 23.7 Å². The first-order chi connectivity index (χ1) is 19.5. The zero-order valence-corrected chi connectivity index (χ0v) is 25.5. The molecule has 0 aliphatic rings. The lowest BCUT2D eigenvalue weighted by molar-refractivity contribution is -0.140. The predicted molar refractivity (Wildman–Crippen MR) is 160 cm³/mol. The fourth-order valence-electron chi connectivity index (χ4n) is 4.46. The Hall–Kier alpha value is -3.76. The number of benzene rings is 3. The number of hydrogen-bond acceptors (Lipinski definition) is 6. The number of methoxy groups -OCH3 is 2. The zero-order chi connectivity index (χ0) is 30.2. The van der Waals surface area contributed by atoms with E-state index in [0.717, 1.165) is 15.4 Å². The number of nitrogens with zero attached hydrogens (tertiary/aromatic N) is 2. The van der Waals surface area contributed by atoms with Gasteiger partial charge in [0, 0.05) is 24.2 Å². The third-order valence-corrected chi connectivity index (χ3v) is 8.53. The van der Waals surface area contributed by atoms with Crippen LogP contribution in [0.2, 0.25) is 5.02 Å². The second kappa shape index (κ2) is 14.2. The average Bonchev–Trinajstić information content (AvgIpc) is 2.96. The standard InChI is InChI=1S/C30H36ClN3O6S/c1-6-26(30(36)32-7-2)33(19-22-10-8-9-21(3)17-22)29(35)20-34(24-13-11-23(31)12-14-24)41(37,38)25-15-16-27(39-4)28(18-25)40-5/h8-18,26H,6-7,19-20H2,1-5H3,(H,32,36). The molecule has 0 aliphatic carbocycles. The Morgan fingerprint density at radius 3 is 2.22 bits per heavy atom. The number of nitrogens with one attached hydrogen (secondary N) is 1. The van der Waals surface area contributed by atoms with Gasteiger partial charge in [0.05, 0.1) is 24.8 Å². The van der Waals surface area contributed by atoms with Gasteiger partial charge in [-0.2, -0.15) is 0 Å². The highest BCUT2D eigenvalue weighted by Gasteiger charge is 2.34. The summed E-state index contributed by atoms with van der Waals surface area (Å²) in [6, 6.07) is 17.2.